The molecule has 2 N–H and O–H groups in total. The molecule has 0 radical (unpaired) electrons. The first-order chi connectivity index (χ1) is 13.7. The van der Waals surface area contributed by atoms with Crippen molar-refractivity contribution in [3.8, 4) is 11.3 Å². The molecule has 2 aromatic heterocycles. The number of hydrogen-bond acceptors (Lipinski definition) is 5. The van der Waals surface area contributed by atoms with Gasteiger partial charge in [-0.1, -0.05) is 30.3 Å². The fourth-order valence-electron chi connectivity index (χ4n) is 2.65. The topological polar surface area (TPSA) is 63.0 Å². The van der Waals surface area contributed by atoms with Crippen LogP contribution >= 0.6 is 0 Å². The molecular weight excluding hydrogens is 362 g/mol. The standard InChI is InChI=1S/C21H16F2N4O/c22-15-8-9-18(17(23)11-15)25-21-26-19(14-5-2-1-3-6-14)12-20(27-21)24-13-16-7-4-10-28-16/h1-12H,13H2,(H2,24,25,26,27). The van der Waals surface area contributed by atoms with Crippen molar-refractivity contribution >= 4 is 17.5 Å². The van der Waals surface area contributed by atoms with Gasteiger partial charge in [-0.2, -0.15) is 4.98 Å². The minimum absolute atomic E-state index is 0.0867. The van der Waals surface area contributed by atoms with Gasteiger partial charge in [0.25, 0.3) is 0 Å². The zero-order valence-corrected chi connectivity index (χ0v) is 14.7. The summed E-state index contributed by atoms with van der Waals surface area (Å²) in [5, 5.41) is 5.98. The maximum atomic E-state index is 14.0. The molecule has 2 aromatic carbocycles. The van der Waals surface area contributed by atoms with Crippen LogP contribution in [0.1, 0.15) is 5.76 Å². The van der Waals surface area contributed by atoms with E-state index in [2.05, 4.69) is 20.6 Å². The zero-order chi connectivity index (χ0) is 19.3. The first-order valence-corrected chi connectivity index (χ1v) is 8.60. The highest BCUT2D eigenvalue weighted by atomic mass is 19.1. The van der Waals surface area contributed by atoms with Crippen LogP contribution in [0.4, 0.5) is 26.2 Å². The smallest absolute Gasteiger partial charge is 0.229 e. The van der Waals surface area contributed by atoms with E-state index >= 15 is 0 Å². The number of halogens is 2. The molecule has 7 heteroatoms. The molecule has 140 valence electrons. The first-order valence-electron chi connectivity index (χ1n) is 8.60. The number of nitrogens with zero attached hydrogens (tertiary/aromatic N) is 2. The molecule has 0 fully saturated rings. The highest BCUT2D eigenvalue weighted by Crippen LogP contribution is 2.24. The lowest BCUT2D eigenvalue weighted by molar-refractivity contribution is 0.518. The predicted octanol–water partition coefficient (Wildman–Crippen LogP) is 5.37. The van der Waals surface area contributed by atoms with Gasteiger partial charge in [0, 0.05) is 17.7 Å². The molecule has 4 rings (SSSR count). The van der Waals surface area contributed by atoms with Gasteiger partial charge in [-0.3, -0.25) is 0 Å². The Kier molecular flexibility index (Phi) is 4.97. The number of benzene rings is 2. The van der Waals surface area contributed by atoms with E-state index in [1.807, 2.05) is 36.4 Å². The molecule has 0 atom stereocenters. The quantitative estimate of drug-likeness (QED) is 0.472. The lowest BCUT2D eigenvalue weighted by Gasteiger charge is -2.11. The van der Waals surface area contributed by atoms with Crippen LogP contribution in [-0.2, 0) is 6.54 Å². The van der Waals surface area contributed by atoms with Crippen molar-refractivity contribution in [3.63, 3.8) is 0 Å². The summed E-state index contributed by atoms with van der Waals surface area (Å²) in [5.74, 6) is 0.102. The van der Waals surface area contributed by atoms with Crippen LogP contribution in [0.5, 0.6) is 0 Å². The van der Waals surface area contributed by atoms with Crippen LogP contribution in [0, 0.1) is 11.6 Å². The summed E-state index contributed by atoms with van der Waals surface area (Å²) in [7, 11) is 0. The summed E-state index contributed by atoms with van der Waals surface area (Å²) in [4.78, 5) is 8.84. The molecule has 5 nitrogen and oxygen atoms in total. The molecule has 2 heterocycles. The Labute approximate surface area is 160 Å². The van der Waals surface area contributed by atoms with Crippen molar-refractivity contribution in [1.29, 1.82) is 0 Å². The van der Waals surface area contributed by atoms with Gasteiger partial charge in [-0.05, 0) is 24.3 Å². The third kappa shape index (κ3) is 4.15. The molecule has 0 amide bonds. The van der Waals surface area contributed by atoms with Gasteiger partial charge in [0.05, 0.1) is 24.2 Å². The van der Waals surface area contributed by atoms with E-state index in [-0.39, 0.29) is 11.6 Å². The number of rotatable bonds is 6. The van der Waals surface area contributed by atoms with Crippen LogP contribution in [0.15, 0.2) is 77.4 Å². The van der Waals surface area contributed by atoms with Crippen molar-refractivity contribution < 1.29 is 13.2 Å². The summed E-state index contributed by atoms with van der Waals surface area (Å²) in [5.41, 5.74) is 1.62. The van der Waals surface area contributed by atoms with E-state index in [1.54, 1.807) is 18.4 Å². The van der Waals surface area contributed by atoms with E-state index in [0.717, 1.165) is 17.4 Å². The number of hydrogen-bond donors (Lipinski definition) is 2. The zero-order valence-electron chi connectivity index (χ0n) is 14.7. The van der Waals surface area contributed by atoms with Gasteiger partial charge in [-0.15, -0.1) is 0 Å². The summed E-state index contributed by atoms with van der Waals surface area (Å²) < 4.78 is 32.5. The van der Waals surface area contributed by atoms with Gasteiger partial charge >= 0.3 is 0 Å². The maximum absolute atomic E-state index is 14.0. The molecule has 0 unspecified atom stereocenters. The predicted molar refractivity (Wildman–Crippen MR) is 103 cm³/mol. The monoisotopic (exact) mass is 378 g/mol. The molecular formula is C21H16F2N4O. The molecule has 0 spiro atoms. The molecule has 0 aliphatic heterocycles. The van der Waals surface area contributed by atoms with Gasteiger partial charge < -0.3 is 15.1 Å². The average Bonchev–Trinajstić information content (AvgIpc) is 3.23. The Hall–Kier alpha value is -3.74. The van der Waals surface area contributed by atoms with E-state index in [1.165, 1.54) is 12.1 Å². The van der Waals surface area contributed by atoms with Gasteiger partial charge in [0.15, 0.2) is 0 Å². The summed E-state index contributed by atoms with van der Waals surface area (Å²) in [6.07, 6.45) is 1.59. The van der Waals surface area contributed by atoms with Crippen molar-refractivity contribution in [3.05, 3.63) is 90.4 Å². The second-order valence-electron chi connectivity index (χ2n) is 6.01. The number of anilines is 3. The normalized spacial score (nSPS) is 10.6. The minimum Gasteiger partial charge on any atom is -0.467 e. The Morgan fingerprint density at radius 1 is 0.893 bits per heavy atom. The maximum Gasteiger partial charge on any atom is 0.229 e. The minimum atomic E-state index is -0.723. The van der Waals surface area contributed by atoms with E-state index in [9.17, 15) is 8.78 Å². The average molecular weight is 378 g/mol. The van der Waals surface area contributed by atoms with Crippen LogP contribution in [-0.4, -0.2) is 9.97 Å². The Balaban J connectivity index is 1.66. The molecule has 0 bridgehead atoms. The van der Waals surface area contributed by atoms with Crippen molar-refractivity contribution in [2.75, 3.05) is 10.6 Å². The molecule has 0 aliphatic carbocycles. The third-order valence-corrected chi connectivity index (χ3v) is 4.00. The lowest BCUT2D eigenvalue weighted by Crippen LogP contribution is -2.06. The van der Waals surface area contributed by atoms with Crippen molar-refractivity contribution in [1.82, 2.24) is 9.97 Å². The van der Waals surface area contributed by atoms with E-state index in [0.29, 0.717) is 18.1 Å². The van der Waals surface area contributed by atoms with Crippen LogP contribution in [0.3, 0.4) is 0 Å². The van der Waals surface area contributed by atoms with Crippen molar-refractivity contribution in [2.45, 2.75) is 6.54 Å². The Morgan fingerprint density at radius 2 is 1.75 bits per heavy atom. The number of furan rings is 1. The lowest BCUT2D eigenvalue weighted by atomic mass is 10.1. The molecule has 0 saturated carbocycles. The highest BCUT2D eigenvalue weighted by Gasteiger charge is 2.10. The number of aromatic nitrogens is 2. The highest BCUT2D eigenvalue weighted by molar-refractivity contribution is 5.66. The van der Waals surface area contributed by atoms with Crippen LogP contribution in [0.2, 0.25) is 0 Å². The molecule has 28 heavy (non-hydrogen) atoms. The Bertz CT molecular complexity index is 1070. The van der Waals surface area contributed by atoms with Gasteiger partial charge in [-0.25, -0.2) is 13.8 Å². The summed E-state index contributed by atoms with van der Waals surface area (Å²) in [6, 6.07) is 18.3. The third-order valence-electron chi connectivity index (χ3n) is 4.00. The van der Waals surface area contributed by atoms with Crippen LogP contribution < -0.4 is 10.6 Å². The second-order valence-corrected chi connectivity index (χ2v) is 6.01. The second kappa shape index (κ2) is 7.87. The van der Waals surface area contributed by atoms with E-state index < -0.39 is 11.6 Å². The summed E-state index contributed by atoms with van der Waals surface area (Å²) in [6.45, 7) is 0.433. The van der Waals surface area contributed by atoms with Gasteiger partial charge in [0.1, 0.15) is 23.2 Å². The van der Waals surface area contributed by atoms with Gasteiger partial charge in [0.2, 0.25) is 5.95 Å². The molecule has 0 aliphatic rings. The van der Waals surface area contributed by atoms with Crippen molar-refractivity contribution in [2.24, 2.45) is 0 Å². The van der Waals surface area contributed by atoms with Crippen LogP contribution in [0.25, 0.3) is 11.3 Å². The molecule has 0 saturated heterocycles. The molecule has 4 aromatic rings. The largest absolute Gasteiger partial charge is 0.467 e. The fourth-order valence-corrected chi connectivity index (χ4v) is 2.65. The SMILES string of the molecule is Fc1ccc(Nc2nc(NCc3ccco3)cc(-c3ccccc3)n2)c(F)c1. The first kappa shape index (κ1) is 17.7. The van der Waals surface area contributed by atoms with E-state index in [4.69, 9.17) is 4.42 Å². The fraction of sp³-hybridized carbons (Fsp3) is 0.0476. The summed E-state index contributed by atoms with van der Waals surface area (Å²) >= 11 is 0. The number of nitrogens with one attached hydrogen (secondary N) is 2. The Morgan fingerprint density at radius 3 is 2.50 bits per heavy atom.